The molecule has 1 aromatic rings. The lowest BCUT2D eigenvalue weighted by Gasteiger charge is -2.29. The quantitative estimate of drug-likeness (QED) is 0.777. The van der Waals surface area contributed by atoms with Gasteiger partial charge in [-0.2, -0.15) is 12.7 Å². The van der Waals surface area contributed by atoms with Crippen molar-refractivity contribution in [3.05, 3.63) is 18.2 Å². The van der Waals surface area contributed by atoms with Gasteiger partial charge in [0.25, 0.3) is 10.2 Å². The van der Waals surface area contributed by atoms with Gasteiger partial charge in [0.2, 0.25) is 0 Å². The van der Waals surface area contributed by atoms with E-state index in [2.05, 4.69) is 9.71 Å². The fourth-order valence-electron chi connectivity index (χ4n) is 2.35. The van der Waals surface area contributed by atoms with Gasteiger partial charge in [0, 0.05) is 32.4 Å². The Morgan fingerprint density at radius 1 is 1.57 bits per heavy atom. The van der Waals surface area contributed by atoms with Crippen molar-refractivity contribution >= 4 is 16.2 Å². The summed E-state index contributed by atoms with van der Waals surface area (Å²) in [5.74, 6) is -0.723. The molecule has 2 rings (SSSR count). The second kappa shape index (κ2) is 6.54. The molecule has 0 saturated carbocycles. The number of imidazole rings is 1. The highest BCUT2D eigenvalue weighted by Gasteiger charge is 2.26. The summed E-state index contributed by atoms with van der Waals surface area (Å²) in [4.78, 5) is 14.4. The van der Waals surface area contributed by atoms with E-state index in [1.807, 2.05) is 6.92 Å². The summed E-state index contributed by atoms with van der Waals surface area (Å²) in [6, 6.07) is 0. The monoisotopic (exact) mass is 316 g/mol. The Labute approximate surface area is 124 Å². The number of nitrogens with one attached hydrogen (secondary N) is 1. The summed E-state index contributed by atoms with van der Waals surface area (Å²) >= 11 is 0. The first-order valence-corrected chi connectivity index (χ1v) is 8.32. The number of aromatic carboxylic acids is 1. The third-order valence-electron chi connectivity index (χ3n) is 3.47. The average molecular weight is 316 g/mol. The molecular weight excluding hydrogens is 296 g/mol. The third kappa shape index (κ3) is 4.26. The largest absolute Gasteiger partial charge is 0.476 e. The van der Waals surface area contributed by atoms with Crippen molar-refractivity contribution in [3.63, 3.8) is 0 Å². The van der Waals surface area contributed by atoms with Crippen molar-refractivity contribution < 1.29 is 18.3 Å². The number of carboxylic acids is 1. The first-order valence-electron chi connectivity index (χ1n) is 6.88. The Morgan fingerprint density at radius 2 is 2.33 bits per heavy atom. The van der Waals surface area contributed by atoms with E-state index in [9.17, 15) is 13.2 Å². The van der Waals surface area contributed by atoms with Crippen LogP contribution in [-0.2, 0) is 16.8 Å². The molecule has 0 aromatic carbocycles. The molecule has 1 atom stereocenters. The lowest BCUT2D eigenvalue weighted by molar-refractivity contribution is 0.0691. The van der Waals surface area contributed by atoms with Crippen LogP contribution in [0.2, 0.25) is 0 Å². The normalized spacial score (nSPS) is 20.5. The van der Waals surface area contributed by atoms with Crippen LogP contribution in [0.3, 0.4) is 0 Å². The topological polar surface area (TPSA) is 105 Å². The molecule has 0 aliphatic carbocycles. The van der Waals surface area contributed by atoms with E-state index in [4.69, 9.17) is 5.11 Å². The van der Waals surface area contributed by atoms with Crippen molar-refractivity contribution in [1.29, 1.82) is 0 Å². The van der Waals surface area contributed by atoms with Crippen molar-refractivity contribution in [2.24, 2.45) is 5.92 Å². The highest BCUT2D eigenvalue weighted by Crippen LogP contribution is 2.17. The number of hydrogen-bond donors (Lipinski definition) is 2. The Hall–Kier alpha value is -1.45. The summed E-state index contributed by atoms with van der Waals surface area (Å²) < 4.78 is 29.8. The standard InChI is InChI=1S/C12H20N4O4S/c1-10-3-2-5-16(7-10)21(19,20)14-4-6-15-8-11(12(17)18)13-9-15/h8-10,14H,2-7H2,1H3,(H,17,18). The molecule has 0 radical (unpaired) electrons. The zero-order valence-corrected chi connectivity index (χ0v) is 12.7. The smallest absolute Gasteiger partial charge is 0.356 e. The maximum atomic E-state index is 12.1. The molecular formula is C12H20N4O4S. The van der Waals surface area contributed by atoms with Gasteiger partial charge in [-0.3, -0.25) is 0 Å². The fourth-order valence-corrected chi connectivity index (χ4v) is 3.70. The van der Waals surface area contributed by atoms with Crippen molar-refractivity contribution in [3.8, 4) is 0 Å². The molecule has 0 amide bonds. The van der Waals surface area contributed by atoms with E-state index < -0.39 is 16.2 Å². The zero-order chi connectivity index (χ0) is 15.5. The van der Waals surface area contributed by atoms with Gasteiger partial charge in [0.05, 0.1) is 6.33 Å². The first kappa shape index (κ1) is 15.9. The molecule has 1 aliphatic heterocycles. The summed E-state index contributed by atoms with van der Waals surface area (Å²) in [5.41, 5.74) is -0.0530. The molecule has 1 unspecified atom stereocenters. The highest BCUT2D eigenvalue weighted by atomic mass is 32.2. The van der Waals surface area contributed by atoms with E-state index in [0.717, 1.165) is 12.8 Å². The molecule has 8 nitrogen and oxygen atoms in total. The van der Waals surface area contributed by atoms with E-state index in [1.165, 1.54) is 16.8 Å². The zero-order valence-electron chi connectivity index (χ0n) is 11.9. The molecule has 2 heterocycles. The van der Waals surface area contributed by atoms with Crippen LogP contribution in [-0.4, -0.2) is 53.0 Å². The van der Waals surface area contributed by atoms with Gasteiger partial charge in [-0.1, -0.05) is 6.92 Å². The van der Waals surface area contributed by atoms with Crippen LogP contribution in [0.4, 0.5) is 0 Å². The number of nitrogens with zero attached hydrogens (tertiary/aromatic N) is 3. The number of hydrogen-bond acceptors (Lipinski definition) is 4. The lowest BCUT2D eigenvalue weighted by Crippen LogP contribution is -2.46. The number of piperidine rings is 1. The second-order valence-corrected chi connectivity index (χ2v) is 7.06. The maximum absolute atomic E-state index is 12.1. The average Bonchev–Trinajstić information content (AvgIpc) is 2.87. The van der Waals surface area contributed by atoms with E-state index in [-0.39, 0.29) is 12.2 Å². The summed E-state index contributed by atoms with van der Waals surface area (Å²) in [6.07, 6.45) is 4.69. The van der Waals surface area contributed by atoms with Gasteiger partial charge >= 0.3 is 5.97 Å². The van der Waals surface area contributed by atoms with E-state index in [1.54, 1.807) is 4.57 Å². The molecule has 118 valence electrons. The molecule has 2 N–H and O–H groups in total. The minimum absolute atomic E-state index is 0.0530. The molecule has 1 fully saturated rings. The minimum Gasteiger partial charge on any atom is -0.476 e. The van der Waals surface area contributed by atoms with Gasteiger partial charge in [-0.15, -0.1) is 0 Å². The summed E-state index contributed by atoms with van der Waals surface area (Å²) in [6.45, 7) is 3.67. The van der Waals surface area contributed by atoms with Gasteiger partial charge in [0.15, 0.2) is 5.69 Å². The molecule has 0 spiro atoms. The Bertz CT molecular complexity index is 598. The van der Waals surface area contributed by atoms with E-state index >= 15 is 0 Å². The molecule has 1 aliphatic rings. The van der Waals surface area contributed by atoms with Gasteiger partial charge in [0.1, 0.15) is 0 Å². The SMILES string of the molecule is CC1CCCN(S(=O)(=O)NCCn2cnc(C(=O)O)c2)C1. The maximum Gasteiger partial charge on any atom is 0.356 e. The van der Waals surface area contributed by atoms with Gasteiger partial charge in [-0.25, -0.2) is 14.5 Å². The highest BCUT2D eigenvalue weighted by molar-refractivity contribution is 7.87. The van der Waals surface area contributed by atoms with Gasteiger partial charge in [-0.05, 0) is 18.8 Å². The van der Waals surface area contributed by atoms with Crippen LogP contribution in [0.1, 0.15) is 30.3 Å². The van der Waals surface area contributed by atoms with Crippen molar-refractivity contribution in [2.75, 3.05) is 19.6 Å². The Morgan fingerprint density at radius 3 is 2.95 bits per heavy atom. The van der Waals surface area contributed by atoms with E-state index in [0.29, 0.717) is 25.6 Å². The minimum atomic E-state index is -3.46. The van der Waals surface area contributed by atoms with Crippen LogP contribution in [0, 0.1) is 5.92 Å². The molecule has 1 saturated heterocycles. The molecule has 21 heavy (non-hydrogen) atoms. The third-order valence-corrected chi connectivity index (χ3v) is 5.05. The van der Waals surface area contributed by atoms with Crippen molar-refractivity contribution in [1.82, 2.24) is 18.6 Å². The molecule has 0 bridgehead atoms. The number of aromatic nitrogens is 2. The van der Waals surface area contributed by atoms with Crippen LogP contribution in [0.25, 0.3) is 0 Å². The Balaban J connectivity index is 1.85. The van der Waals surface area contributed by atoms with Crippen LogP contribution < -0.4 is 4.72 Å². The second-order valence-electron chi connectivity index (χ2n) is 5.31. The van der Waals surface area contributed by atoms with Crippen molar-refractivity contribution in [2.45, 2.75) is 26.3 Å². The first-order chi connectivity index (χ1) is 9.88. The molecule has 9 heteroatoms. The number of rotatable bonds is 6. The number of carboxylic acid groups (broad SMARTS) is 1. The van der Waals surface area contributed by atoms with Crippen LogP contribution >= 0.6 is 0 Å². The summed E-state index contributed by atoms with van der Waals surface area (Å²) in [7, 11) is -3.46. The lowest BCUT2D eigenvalue weighted by atomic mass is 10.0. The summed E-state index contributed by atoms with van der Waals surface area (Å²) in [5, 5.41) is 8.75. The predicted octanol–water partition coefficient (Wildman–Crippen LogP) is 0.148. The van der Waals surface area contributed by atoms with Gasteiger partial charge < -0.3 is 9.67 Å². The molecule has 1 aromatic heterocycles. The predicted molar refractivity (Wildman–Crippen MR) is 76.1 cm³/mol. The Kier molecular flexibility index (Phi) is 4.96. The van der Waals surface area contributed by atoms with Crippen LogP contribution in [0.5, 0.6) is 0 Å². The number of carbonyl (C=O) groups is 1. The fraction of sp³-hybridized carbons (Fsp3) is 0.667. The van der Waals surface area contributed by atoms with Crippen LogP contribution in [0.15, 0.2) is 12.5 Å².